The minimum absolute atomic E-state index is 0.0541. The molecule has 1 heterocycles. The number of carbonyl (C=O) groups excluding carboxylic acids is 1. The lowest BCUT2D eigenvalue weighted by Crippen LogP contribution is -2.39. The molecule has 0 spiro atoms. The van der Waals surface area contributed by atoms with Crippen LogP contribution in [0.5, 0.6) is 0 Å². The molecule has 1 fully saturated rings. The summed E-state index contributed by atoms with van der Waals surface area (Å²) in [5.74, 6) is 0.770. The fourth-order valence-electron chi connectivity index (χ4n) is 3.11. The number of hydrogen-bond donors (Lipinski definition) is 2. The zero-order valence-corrected chi connectivity index (χ0v) is 15.7. The molecule has 2 N–H and O–H groups in total. The molecule has 0 aromatic heterocycles. The van der Waals surface area contributed by atoms with E-state index in [0.29, 0.717) is 18.3 Å². The van der Waals surface area contributed by atoms with Crippen molar-refractivity contribution in [2.24, 2.45) is 0 Å². The molecule has 1 aliphatic heterocycles. The van der Waals surface area contributed by atoms with Gasteiger partial charge in [-0.15, -0.1) is 0 Å². The molecule has 5 nitrogen and oxygen atoms in total. The van der Waals surface area contributed by atoms with Gasteiger partial charge in [-0.1, -0.05) is 45.9 Å². The van der Waals surface area contributed by atoms with Crippen molar-refractivity contribution in [3.05, 3.63) is 29.3 Å². The van der Waals surface area contributed by atoms with Gasteiger partial charge in [-0.3, -0.25) is 4.79 Å². The van der Waals surface area contributed by atoms with E-state index in [2.05, 4.69) is 56.5 Å². The van der Waals surface area contributed by atoms with E-state index in [0.717, 1.165) is 5.69 Å². The number of anilines is 1. The van der Waals surface area contributed by atoms with Crippen LogP contribution in [-0.4, -0.2) is 38.4 Å². The number of para-hydroxylation sites is 1. The van der Waals surface area contributed by atoms with E-state index in [-0.39, 0.29) is 30.0 Å². The van der Waals surface area contributed by atoms with Gasteiger partial charge in [0.25, 0.3) is 0 Å². The van der Waals surface area contributed by atoms with Crippen molar-refractivity contribution in [3.63, 3.8) is 0 Å². The highest BCUT2D eigenvalue weighted by Gasteiger charge is 2.28. The van der Waals surface area contributed by atoms with E-state index in [1.54, 1.807) is 0 Å². The quantitative estimate of drug-likeness (QED) is 0.825. The fraction of sp³-hybridized carbons (Fsp3) is 0.611. The maximum atomic E-state index is 12.2. The molecule has 1 unspecified atom stereocenters. The average molecular weight is 353 g/mol. The third-order valence-corrected chi connectivity index (χ3v) is 6.16. The first kappa shape index (κ1) is 18.8. The van der Waals surface area contributed by atoms with Gasteiger partial charge in [0.1, 0.15) is 0 Å². The molecule has 6 heteroatoms. The minimum atomic E-state index is -2.98. The van der Waals surface area contributed by atoms with Gasteiger partial charge in [-0.25, -0.2) is 8.42 Å². The summed E-state index contributed by atoms with van der Waals surface area (Å²) in [6.45, 7) is 8.68. The lowest BCUT2D eigenvalue weighted by molar-refractivity contribution is -0.119. The van der Waals surface area contributed by atoms with Crippen LogP contribution in [0.4, 0.5) is 5.69 Å². The molecular formula is C18H28N2O3S. The third-order valence-electron chi connectivity index (χ3n) is 4.40. The Kier molecular flexibility index (Phi) is 5.91. The number of nitrogens with one attached hydrogen (secondary N) is 2. The molecular weight excluding hydrogens is 324 g/mol. The van der Waals surface area contributed by atoms with Crippen LogP contribution in [0.2, 0.25) is 0 Å². The van der Waals surface area contributed by atoms with Crippen LogP contribution in [0.15, 0.2) is 18.2 Å². The summed E-state index contributed by atoms with van der Waals surface area (Å²) >= 11 is 0. The topological polar surface area (TPSA) is 75.3 Å². The van der Waals surface area contributed by atoms with Crippen molar-refractivity contribution >= 4 is 21.4 Å². The Bertz CT molecular complexity index is 670. The van der Waals surface area contributed by atoms with Crippen LogP contribution in [0.3, 0.4) is 0 Å². The molecule has 0 saturated carbocycles. The lowest BCUT2D eigenvalue weighted by atomic mass is 9.92. The fourth-order valence-corrected chi connectivity index (χ4v) is 4.78. The van der Waals surface area contributed by atoms with Gasteiger partial charge < -0.3 is 10.6 Å². The highest BCUT2D eigenvalue weighted by Crippen LogP contribution is 2.32. The summed E-state index contributed by atoms with van der Waals surface area (Å²) in [4.78, 5) is 12.2. The molecule has 2 rings (SSSR count). The smallest absolute Gasteiger partial charge is 0.239 e. The van der Waals surface area contributed by atoms with Crippen LogP contribution in [0.1, 0.15) is 57.1 Å². The largest absolute Gasteiger partial charge is 0.376 e. The van der Waals surface area contributed by atoms with Crippen molar-refractivity contribution in [2.45, 2.75) is 52.0 Å². The summed E-state index contributed by atoms with van der Waals surface area (Å²) < 4.78 is 22.9. The molecule has 1 aliphatic rings. The Hall–Kier alpha value is -1.56. The van der Waals surface area contributed by atoms with Crippen molar-refractivity contribution < 1.29 is 13.2 Å². The maximum Gasteiger partial charge on any atom is 0.239 e. The number of sulfone groups is 1. The number of rotatable bonds is 6. The number of amides is 1. The van der Waals surface area contributed by atoms with Crippen LogP contribution in [0, 0.1) is 0 Å². The standard InChI is InChI=1S/C18H28N2O3S/c1-12(2)15-6-5-7-16(13(3)4)18(15)19-10-17(21)20-14-8-9-24(22,23)11-14/h5-7,12-14,19H,8-11H2,1-4H3,(H,20,21). The summed E-state index contributed by atoms with van der Waals surface area (Å²) in [7, 11) is -2.98. The van der Waals surface area contributed by atoms with Crippen molar-refractivity contribution in [1.82, 2.24) is 5.32 Å². The first-order valence-corrected chi connectivity index (χ1v) is 10.4. The first-order chi connectivity index (χ1) is 11.2. The van der Waals surface area contributed by atoms with Crippen LogP contribution in [-0.2, 0) is 14.6 Å². The molecule has 134 valence electrons. The molecule has 1 saturated heterocycles. The highest BCUT2D eigenvalue weighted by atomic mass is 32.2. The lowest BCUT2D eigenvalue weighted by Gasteiger charge is -2.21. The Morgan fingerprint density at radius 1 is 1.17 bits per heavy atom. The number of hydrogen-bond acceptors (Lipinski definition) is 4. The molecule has 1 atom stereocenters. The predicted octanol–water partition coefficient (Wildman–Crippen LogP) is 2.65. The Balaban J connectivity index is 2.04. The van der Waals surface area contributed by atoms with Gasteiger partial charge in [0.05, 0.1) is 18.1 Å². The van der Waals surface area contributed by atoms with Crippen LogP contribution < -0.4 is 10.6 Å². The average Bonchev–Trinajstić information content (AvgIpc) is 2.83. The van der Waals surface area contributed by atoms with Gasteiger partial charge in [-0.05, 0) is 29.4 Å². The summed E-state index contributed by atoms with van der Waals surface area (Å²) in [6, 6.07) is 5.97. The second-order valence-electron chi connectivity index (χ2n) is 7.14. The Morgan fingerprint density at radius 3 is 2.21 bits per heavy atom. The number of carbonyl (C=O) groups is 1. The van der Waals surface area contributed by atoms with Crippen LogP contribution in [0.25, 0.3) is 0 Å². The van der Waals surface area contributed by atoms with Gasteiger partial charge in [-0.2, -0.15) is 0 Å². The Morgan fingerprint density at radius 2 is 1.75 bits per heavy atom. The van der Waals surface area contributed by atoms with Crippen molar-refractivity contribution in [1.29, 1.82) is 0 Å². The van der Waals surface area contributed by atoms with E-state index >= 15 is 0 Å². The van der Waals surface area contributed by atoms with Crippen LogP contribution >= 0.6 is 0 Å². The summed E-state index contributed by atoms with van der Waals surface area (Å²) in [5.41, 5.74) is 3.41. The van der Waals surface area contributed by atoms with E-state index in [4.69, 9.17) is 0 Å². The second kappa shape index (κ2) is 7.55. The maximum absolute atomic E-state index is 12.2. The SMILES string of the molecule is CC(C)c1cccc(C(C)C)c1NCC(=O)NC1CCS(=O)(=O)C1. The number of benzene rings is 1. The zero-order chi connectivity index (χ0) is 17.9. The van der Waals surface area contributed by atoms with Crippen molar-refractivity contribution in [3.8, 4) is 0 Å². The molecule has 0 radical (unpaired) electrons. The minimum Gasteiger partial charge on any atom is -0.376 e. The third kappa shape index (κ3) is 4.72. The van der Waals surface area contributed by atoms with Gasteiger partial charge in [0.2, 0.25) is 5.91 Å². The monoisotopic (exact) mass is 352 g/mol. The second-order valence-corrected chi connectivity index (χ2v) is 9.37. The van der Waals surface area contributed by atoms with E-state index in [1.807, 2.05) is 0 Å². The molecule has 0 aliphatic carbocycles. The van der Waals surface area contributed by atoms with E-state index in [1.165, 1.54) is 11.1 Å². The first-order valence-electron chi connectivity index (χ1n) is 8.56. The summed E-state index contributed by atoms with van der Waals surface area (Å²) in [6.07, 6.45) is 0.508. The summed E-state index contributed by atoms with van der Waals surface area (Å²) in [5, 5.41) is 6.10. The zero-order valence-electron chi connectivity index (χ0n) is 14.9. The van der Waals surface area contributed by atoms with E-state index in [9.17, 15) is 13.2 Å². The highest BCUT2D eigenvalue weighted by molar-refractivity contribution is 7.91. The molecule has 1 aromatic carbocycles. The van der Waals surface area contributed by atoms with E-state index < -0.39 is 9.84 Å². The predicted molar refractivity (Wildman–Crippen MR) is 98.3 cm³/mol. The van der Waals surface area contributed by atoms with Gasteiger partial charge in [0.15, 0.2) is 9.84 Å². The van der Waals surface area contributed by atoms with Gasteiger partial charge in [0, 0.05) is 11.7 Å². The van der Waals surface area contributed by atoms with Crippen molar-refractivity contribution in [2.75, 3.05) is 23.4 Å². The Labute approximate surface area is 145 Å². The molecule has 24 heavy (non-hydrogen) atoms. The molecule has 0 bridgehead atoms. The molecule has 1 amide bonds. The normalized spacial score (nSPS) is 19.7. The molecule has 1 aromatic rings. The van der Waals surface area contributed by atoms with Gasteiger partial charge >= 0.3 is 0 Å².